The van der Waals surface area contributed by atoms with E-state index in [0.29, 0.717) is 31.5 Å². The molecule has 0 amide bonds. The molecular weight excluding hydrogens is 338 g/mol. The van der Waals surface area contributed by atoms with Gasteiger partial charge in [-0.25, -0.2) is 0 Å². The van der Waals surface area contributed by atoms with E-state index in [4.69, 9.17) is 14.3 Å². The van der Waals surface area contributed by atoms with Crippen LogP contribution in [0, 0.1) is 0 Å². The number of rotatable bonds is 9. The second-order valence-corrected chi connectivity index (χ2v) is 5.20. The Balaban J connectivity index is 1.75. The summed E-state index contributed by atoms with van der Waals surface area (Å²) >= 11 is 3.46. The Bertz CT molecular complexity index is 548. The van der Waals surface area contributed by atoms with Crippen molar-refractivity contribution in [3.63, 3.8) is 0 Å². The van der Waals surface area contributed by atoms with E-state index in [-0.39, 0.29) is 6.61 Å². The summed E-state index contributed by atoms with van der Waals surface area (Å²) in [7, 11) is 0. The first-order valence-corrected chi connectivity index (χ1v) is 7.57. The zero-order valence-electron chi connectivity index (χ0n) is 11.6. The number of nitrogens with zero attached hydrogens (tertiary/aromatic N) is 2. The van der Waals surface area contributed by atoms with E-state index in [0.717, 1.165) is 23.0 Å². The lowest BCUT2D eigenvalue weighted by Gasteiger charge is -2.02. The molecule has 6 nitrogen and oxygen atoms in total. The zero-order valence-corrected chi connectivity index (χ0v) is 13.2. The van der Waals surface area contributed by atoms with Crippen molar-refractivity contribution in [2.45, 2.75) is 13.0 Å². The lowest BCUT2D eigenvalue weighted by atomic mass is 10.2. The number of benzene rings is 1. The average Bonchev–Trinajstić information content (AvgIpc) is 2.95. The Morgan fingerprint density at radius 3 is 2.90 bits per heavy atom. The molecule has 0 aliphatic rings. The van der Waals surface area contributed by atoms with Crippen LogP contribution in [0.4, 0.5) is 0 Å². The summed E-state index contributed by atoms with van der Waals surface area (Å²) in [6.07, 6.45) is 0.866. The Morgan fingerprint density at radius 1 is 1.24 bits per heavy atom. The molecule has 0 aliphatic heterocycles. The number of ether oxygens (including phenoxy) is 1. The molecule has 0 atom stereocenters. The number of nitrogens with one attached hydrogen (secondary N) is 1. The molecule has 0 bridgehead atoms. The fourth-order valence-corrected chi connectivity index (χ4v) is 2.18. The Kier molecular flexibility index (Phi) is 6.81. The molecule has 0 saturated carbocycles. The van der Waals surface area contributed by atoms with Crippen molar-refractivity contribution in [2.75, 3.05) is 26.4 Å². The van der Waals surface area contributed by atoms with E-state index >= 15 is 0 Å². The molecule has 2 rings (SSSR count). The first-order chi connectivity index (χ1) is 10.3. The van der Waals surface area contributed by atoms with Gasteiger partial charge in [0, 0.05) is 11.1 Å². The second kappa shape index (κ2) is 8.89. The quantitative estimate of drug-likeness (QED) is 0.669. The molecule has 7 heteroatoms. The molecule has 2 N–H and O–H groups in total. The van der Waals surface area contributed by atoms with E-state index in [1.807, 2.05) is 24.3 Å². The summed E-state index contributed by atoms with van der Waals surface area (Å²) in [5.74, 6) is 1.06. The SMILES string of the molecule is OCCOCCCNCc1nnc(-c2ccccc2Br)o1. The maximum absolute atomic E-state index is 8.56. The van der Waals surface area contributed by atoms with Crippen LogP contribution in [0.25, 0.3) is 11.5 Å². The summed E-state index contributed by atoms with van der Waals surface area (Å²) in [6, 6.07) is 7.72. The minimum atomic E-state index is 0.0627. The Hall–Kier alpha value is -1.28. The van der Waals surface area contributed by atoms with Crippen molar-refractivity contribution < 1.29 is 14.3 Å². The molecule has 0 unspecified atom stereocenters. The molecule has 114 valence electrons. The summed E-state index contributed by atoms with van der Waals surface area (Å²) in [5.41, 5.74) is 0.883. The Morgan fingerprint density at radius 2 is 2.10 bits per heavy atom. The van der Waals surface area contributed by atoms with E-state index in [2.05, 4.69) is 31.4 Å². The van der Waals surface area contributed by atoms with Crippen LogP contribution in [-0.2, 0) is 11.3 Å². The van der Waals surface area contributed by atoms with Gasteiger partial charge in [-0.1, -0.05) is 12.1 Å². The highest BCUT2D eigenvalue weighted by molar-refractivity contribution is 9.10. The number of halogens is 1. The number of aromatic nitrogens is 2. The van der Waals surface area contributed by atoms with Crippen LogP contribution in [0.15, 0.2) is 33.2 Å². The number of aliphatic hydroxyl groups is 1. The lowest BCUT2D eigenvalue weighted by molar-refractivity contribution is 0.0906. The van der Waals surface area contributed by atoms with Crippen molar-refractivity contribution in [2.24, 2.45) is 0 Å². The summed E-state index contributed by atoms with van der Waals surface area (Å²) in [5, 5.41) is 19.8. The smallest absolute Gasteiger partial charge is 0.248 e. The number of hydrogen-bond acceptors (Lipinski definition) is 6. The van der Waals surface area contributed by atoms with Crippen LogP contribution in [0.5, 0.6) is 0 Å². The predicted octanol–water partition coefficient (Wildman–Crippen LogP) is 1.99. The molecule has 0 saturated heterocycles. The molecule has 1 aromatic heterocycles. The van der Waals surface area contributed by atoms with Crippen LogP contribution >= 0.6 is 15.9 Å². The van der Waals surface area contributed by atoms with Crippen LogP contribution in [-0.4, -0.2) is 41.7 Å². The van der Waals surface area contributed by atoms with Gasteiger partial charge in [-0.2, -0.15) is 0 Å². The molecule has 0 fully saturated rings. The van der Waals surface area contributed by atoms with Crippen LogP contribution in [0.3, 0.4) is 0 Å². The fraction of sp³-hybridized carbons (Fsp3) is 0.429. The first kappa shape index (κ1) is 16.1. The van der Waals surface area contributed by atoms with E-state index in [1.54, 1.807) is 0 Å². The normalized spacial score (nSPS) is 11.0. The number of hydrogen-bond donors (Lipinski definition) is 2. The van der Waals surface area contributed by atoms with Crippen molar-refractivity contribution in [3.8, 4) is 11.5 Å². The molecular formula is C14H18BrN3O3. The van der Waals surface area contributed by atoms with E-state index in [1.165, 1.54) is 0 Å². The average molecular weight is 356 g/mol. The van der Waals surface area contributed by atoms with E-state index < -0.39 is 0 Å². The van der Waals surface area contributed by atoms with Crippen molar-refractivity contribution in [3.05, 3.63) is 34.6 Å². The second-order valence-electron chi connectivity index (χ2n) is 4.35. The standard InChI is InChI=1S/C14H18BrN3O3/c15-12-5-2-1-4-11(12)14-18-17-13(21-14)10-16-6-3-8-20-9-7-19/h1-2,4-5,16,19H,3,6-10H2. The van der Waals surface area contributed by atoms with Crippen LogP contribution in [0.2, 0.25) is 0 Å². The van der Waals surface area contributed by atoms with Gasteiger partial charge in [0.15, 0.2) is 0 Å². The molecule has 21 heavy (non-hydrogen) atoms. The highest BCUT2D eigenvalue weighted by Gasteiger charge is 2.10. The molecule has 0 aliphatic carbocycles. The lowest BCUT2D eigenvalue weighted by Crippen LogP contribution is -2.17. The third-order valence-electron chi connectivity index (χ3n) is 2.73. The maximum atomic E-state index is 8.56. The molecule has 0 radical (unpaired) electrons. The van der Waals surface area contributed by atoms with Gasteiger partial charge in [-0.3, -0.25) is 0 Å². The number of aliphatic hydroxyl groups excluding tert-OH is 1. The van der Waals surface area contributed by atoms with Gasteiger partial charge in [-0.05, 0) is 41.0 Å². The summed E-state index contributed by atoms with van der Waals surface area (Å²) < 4.78 is 11.7. The van der Waals surface area contributed by atoms with Crippen LogP contribution < -0.4 is 5.32 Å². The van der Waals surface area contributed by atoms with Gasteiger partial charge in [0.25, 0.3) is 0 Å². The summed E-state index contributed by atoms with van der Waals surface area (Å²) in [4.78, 5) is 0. The highest BCUT2D eigenvalue weighted by atomic mass is 79.9. The molecule has 1 aromatic carbocycles. The van der Waals surface area contributed by atoms with Crippen molar-refractivity contribution in [1.82, 2.24) is 15.5 Å². The third kappa shape index (κ3) is 5.20. The monoisotopic (exact) mass is 355 g/mol. The maximum Gasteiger partial charge on any atom is 0.248 e. The van der Waals surface area contributed by atoms with Crippen LogP contribution in [0.1, 0.15) is 12.3 Å². The minimum absolute atomic E-state index is 0.0627. The molecule has 1 heterocycles. The highest BCUT2D eigenvalue weighted by Crippen LogP contribution is 2.26. The van der Waals surface area contributed by atoms with Gasteiger partial charge in [0.1, 0.15) is 0 Å². The molecule has 2 aromatic rings. The largest absolute Gasteiger partial charge is 0.419 e. The molecule has 0 spiro atoms. The third-order valence-corrected chi connectivity index (χ3v) is 3.42. The fourth-order valence-electron chi connectivity index (χ4n) is 1.73. The van der Waals surface area contributed by atoms with Crippen molar-refractivity contribution in [1.29, 1.82) is 0 Å². The minimum Gasteiger partial charge on any atom is -0.419 e. The van der Waals surface area contributed by atoms with E-state index in [9.17, 15) is 0 Å². The topological polar surface area (TPSA) is 80.4 Å². The van der Waals surface area contributed by atoms with Crippen molar-refractivity contribution >= 4 is 15.9 Å². The first-order valence-electron chi connectivity index (χ1n) is 6.78. The van der Waals surface area contributed by atoms with Gasteiger partial charge < -0.3 is 19.6 Å². The van der Waals surface area contributed by atoms with Gasteiger partial charge in [-0.15, -0.1) is 10.2 Å². The van der Waals surface area contributed by atoms with Gasteiger partial charge in [0.05, 0.1) is 25.3 Å². The van der Waals surface area contributed by atoms with Gasteiger partial charge >= 0.3 is 0 Å². The zero-order chi connectivity index (χ0) is 14.9. The summed E-state index contributed by atoms with van der Waals surface area (Å²) in [6.45, 7) is 2.39. The van der Waals surface area contributed by atoms with Gasteiger partial charge in [0.2, 0.25) is 11.8 Å². The predicted molar refractivity (Wildman–Crippen MR) is 81.7 cm³/mol. The Labute approximate surface area is 131 Å².